The fraction of sp³-hybridized carbons (Fsp3) is 0.588. The van der Waals surface area contributed by atoms with Crippen molar-refractivity contribution in [3.63, 3.8) is 0 Å². The molecule has 7 heteroatoms. The number of aryl methyl sites for hydroxylation is 3. The average molecular weight is 331 g/mol. The highest BCUT2D eigenvalue weighted by Crippen LogP contribution is 2.17. The topological polar surface area (TPSA) is 67.4 Å². The van der Waals surface area contributed by atoms with Crippen molar-refractivity contribution in [3.05, 3.63) is 35.0 Å². The SMILES string of the molecule is CCn1cc(CN2CCCN(C(=O)c3c(C)noc3C)CC2)cn1. The fourth-order valence-corrected chi connectivity index (χ4v) is 3.20. The molecule has 0 aliphatic carbocycles. The molecule has 0 N–H and O–H groups in total. The number of carbonyl (C=O) groups excluding carboxylic acids is 1. The maximum Gasteiger partial charge on any atom is 0.259 e. The van der Waals surface area contributed by atoms with Crippen LogP contribution in [0.2, 0.25) is 0 Å². The van der Waals surface area contributed by atoms with E-state index < -0.39 is 0 Å². The van der Waals surface area contributed by atoms with Gasteiger partial charge in [0.2, 0.25) is 0 Å². The molecule has 3 heterocycles. The minimum Gasteiger partial charge on any atom is -0.361 e. The van der Waals surface area contributed by atoms with Gasteiger partial charge in [0.15, 0.2) is 0 Å². The Hall–Kier alpha value is -2.15. The summed E-state index contributed by atoms with van der Waals surface area (Å²) in [6.07, 6.45) is 5.00. The molecule has 0 aromatic carbocycles. The lowest BCUT2D eigenvalue weighted by Crippen LogP contribution is -2.35. The fourth-order valence-electron chi connectivity index (χ4n) is 3.20. The van der Waals surface area contributed by atoms with Gasteiger partial charge in [-0.1, -0.05) is 5.16 Å². The summed E-state index contributed by atoms with van der Waals surface area (Å²) in [5.74, 6) is 0.637. The van der Waals surface area contributed by atoms with Gasteiger partial charge in [-0.2, -0.15) is 5.10 Å². The Bertz CT molecular complexity index is 686. The van der Waals surface area contributed by atoms with Crippen molar-refractivity contribution in [2.45, 2.75) is 40.3 Å². The number of rotatable bonds is 4. The van der Waals surface area contributed by atoms with Crippen molar-refractivity contribution in [3.8, 4) is 0 Å². The minimum absolute atomic E-state index is 0.0342. The van der Waals surface area contributed by atoms with Crippen LogP contribution >= 0.6 is 0 Å². The van der Waals surface area contributed by atoms with Crippen LogP contribution in [0.3, 0.4) is 0 Å². The summed E-state index contributed by atoms with van der Waals surface area (Å²) in [6, 6.07) is 0. The summed E-state index contributed by atoms with van der Waals surface area (Å²) in [5.41, 5.74) is 2.51. The molecule has 24 heavy (non-hydrogen) atoms. The van der Waals surface area contributed by atoms with E-state index >= 15 is 0 Å². The molecule has 0 unspecified atom stereocenters. The van der Waals surface area contributed by atoms with Crippen LogP contribution in [-0.2, 0) is 13.1 Å². The first-order valence-electron chi connectivity index (χ1n) is 8.54. The van der Waals surface area contributed by atoms with Crippen LogP contribution in [-0.4, -0.2) is 56.8 Å². The number of hydrogen-bond donors (Lipinski definition) is 0. The van der Waals surface area contributed by atoms with Gasteiger partial charge in [-0.05, 0) is 27.2 Å². The molecule has 1 fully saturated rings. The third-order valence-corrected chi connectivity index (χ3v) is 4.54. The molecule has 0 atom stereocenters. The number of carbonyl (C=O) groups is 1. The summed E-state index contributed by atoms with van der Waals surface area (Å²) in [4.78, 5) is 17.1. The third-order valence-electron chi connectivity index (χ3n) is 4.54. The molecular weight excluding hydrogens is 306 g/mol. The largest absolute Gasteiger partial charge is 0.361 e. The van der Waals surface area contributed by atoms with E-state index in [1.165, 1.54) is 5.56 Å². The molecule has 1 aliphatic rings. The Labute approximate surface area is 142 Å². The molecule has 2 aromatic heterocycles. The summed E-state index contributed by atoms with van der Waals surface area (Å²) in [5, 5.41) is 8.22. The zero-order chi connectivity index (χ0) is 17.1. The van der Waals surface area contributed by atoms with E-state index in [1.54, 1.807) is 6.92 Å². The maximum atomic E-state index is 12.8. The van der Waals surface area contributed by atoms with Crippen LogP contribution in [0.25, 0.3) is 0 Å². The summed E-state index contributed by atoms with van der Waals surface area (Å²) in [6.45, 7) is 10.8. The molecule has 1 saturated heterocycles. The average Bonchev–Trinajstić information content (AvgIpc) is 3.07. The van der Waals surface area contributed by atoms with Crippen LogP contribution in [0.1, 0.15) is 40.7 Å². The van der Waals surface area contributed by atoms with Crippen LogP contribution in [0.4, 0.5) is 0 Å². The highest BCUT2D eigenvalue weighted by atomic mass is 16.5. The molecule has 130 valence electrons. The highest BCUT2D eigenvalue weighted by molar-refractivity contribution is 5.96. The smallest absolute Gasteiger partial charge is 0.259 e. The second kappa shape index (κ2) is 7.17. The van der Waals surface area contributed by atoms with Gasteiger partial charge < -0.3 is 9.42 Å². The number of nitrogens with zero attached hydrogens (tertiary/aromatic N) is 5. The van der Waals surface area contributed by atoms with Crippen molar-refractivity contribution in [1.82, 2.24) is 24.7 Å². The van der Waals surface area contributed by atoms with Crippen molar-refractivity contribution >= 4 is 5.91 Å². The summed E-state index contributed by atoms with van der Waals surface area (Å²) < 4.78 is 7.08. The van der Waals surface area contributed by atoms with E-state index in [2.05, 4.69) is 28.3 Å². The normalized spacial score (nSPS) is 16.4. The Kier molecular flexibility index (Phi) is 4.99. The van der Waals surface area contributed by atoms with E-state index in [4.69, 9.17) is 4.52 Å². The highest BCUT2D eigenvalue weighted by Gasteiger charge is 2.25. The van der Waals surface area contributed by atoms with Crippen molar-refractivity contribution in [2.75, 3.05) is 26.2 Å². The molecule has 0 spiro atoms. The summed E-state index contributed by atoms with van der Waals surface area (Å²) >= 11 is 0. The first-order valence-corrected chi connectivity index (χ1v) is 8.54. The lowest BCUT2D eigenvalue weighted by Gasteiger charge is -2.21. The van der Waals surface area contributed by atoms with Gasteiger partial charge in [0.25, 0.3) is 5.91 Å². The molecular formula is C17H25N5O2. The first kappa shape index (κ1) is 16.7. The minimum atomic E-state index is 0.0342. The lowest BCUT2D eigenvalue weighted by molar-refractivity contribution is 0.0758. The van der Waals surface area contributed by atoms with Crippen LogP contribution < -0.4 is 0 Å². The van der Waals surface area contributed by atoms with Crippen molar-refractivity contribution < 1.29 is 9.32 Å². The molecule has 0 bridgehead atoms. The Morgan fingerprint density at radius 1 is 1.25 bits per heavy atom. The van der Waals surface area contributed by atoms with E-state index in [0.717, 1.165) is 45.7 Å². The first-order chi connectivity index (χ1) is 11.6. The van der Waals surface area contributed by atoms with Gasteiger partial charge in [0, 0.05) is 51.0 Å². The molecule has 0 saturated carbocycles. The molecule has 0 radical (unpaired) electrons. The van der Waals surface area contributed by atoms with E-state index in [0.29, 0.717) is 17.0 Å². The number of aromatic nitrogens is 3. The third kappa shape index (κ3) is 3.51. The Morgan fingerprint density at radius 3 is 2.75 bits per heavy atom. The predicted molar refractivity (Wildman–Crippen MR) is 89.7 cm³/mol. The van der Waals surface area contributed by atoms with Gasteiger partial charge in [-0.15, -0.1) is 0 Å². The Balaban J connectivity index is 1.61. The van der Waals surface area contributed by atoms with Crippen LogP contribution in [0.5, 0.6) is 0 Å². The molecule has 1 amide bonds. The van der Waals surface area contributed by atoms with Gasteiger partial charge in [-0.3, -0.25) is 14.4 Å². The van der Waals surface area contributed by atoms with Crippen molar-refractivity contribution in [2.24, 2.45) is 0 Å². The quantitative estimate of drug-likeness (QED) is 0.855. The second-order valence-electron chi connectivity index (χ2n) is 6.33. The predicted octanol–water partition coefficient (Wildman–Crippen LogP) is 1.86. The van der Waals surface area contributed by atoms with Crippen molar-refractivity contribution in [1.29, 1.82) is 0 Å². The Morgan fingerprint density at radius 2 is 2.08 bits per heavy atom. The zero-order valence-electron chi connectivity index (χ0n) is 14.7. The lowest BCUT2D eigenvalue weighted by atomic mass is 10.1. The molecule has 2 aromatic rings. The zero-order valence-corrected chi connectivity index (χ0v) is 14.7. The van der Waals surface area contributed by atoms with Gasteiger partial charge in [-0.25, -0.2) is 0 Å². The van der Waals surface area contributed by atoms with Crippen LogP contribution in [0.15, 0.2) is 16.9 Å². The standard InChI is InChI=1S/C17H25N5O2/c1-4-22-12-15(10-18-22)11-20-6-5-7-21(9-8-20)17(23)16-13(2)19-24-14(16)3/h10,12H,4-9,11H2,1-3H3. The van der Waals surface area contributed by atoms with Gasteiger partial charge in [0.05, 0.1) is 11.9 Å². The maximum absolute atomic E-state index is 12.8. The number of hydrogen-bond acceptors (Lipinski definition) is 5. The molecule has 7 nitrogen and oxygen atoms in total. The van der Waals surface area contributed by atoms with Gasteiger partial charge >= 0.3 is 0 Å². The van der Waals surface area contributed by atoms with E-state index in [9.17, 15) is 4.79 Å². The number of amides is 1. The van der Waals surface area contributed by atoms with Crippen LogP contribution in [0, 0.1) is 13.8 Å². The summed E-state index contributed by atoms with van der Waals surface area (Å²) in [7, 11) is 0. The molecule has 1 aliphatic heterocycles. The molecule has 3 rings (SSSR count). The second-order valence-corrected chi connectivity index (χ2v) is 6.33. The van der Waals surface area contributed by atoms with E-state index in [1.807, 2.05) is 22.7 Å². The van der Waals surface area contributed by atoms with Gasteiger partial charge in [0.1, 0.15) is 11.3 Å². The monoisotopic (exact) mass is 331 g/mol. The van der Waals surface area contributed by atoms with E-state index in [-0.39, 0.29) is 5.91 Å².